The van der Waals surface area contributed by atoms with Crippen LogP contribution in [0.3, 0.4) is 0 Å². The Bertz CT molecular complexity index is 1130. The van der Waals surface area contributed by atoms with Crippen molar-refractivity contribution in [2.45, 2.75) is 13.0 Å². The maximum atomic E-state index is 14.0. The molecular weight excluding hydrogens is 385 g/mol. The van der Waals surface area contributed by atoms with Crippen molar-refractivity contribution in [2.75, 3.05) is 7.11 Å². The minimum atomic E-state index is -0.829. The van der Waals surface area contributed by atoms with Gasteiger partial charge in [0.2, 0.25) is 12.5 Å². The zero-order valence-electron chi connectivity index (χ0n) is 14.9. The Hall–Kier alpha value is -3.40. The molecule has 0 aliphatic rings. The molecule has 0 aliphatic heterocycles. The molecule has 0 fully saturated rings. The van der Waals surface area contributed by atoms with E-state index in [4.69, 9.17) is 9.15 Å². The van der Waals surface area contributed by atoms with Gasteiger partial charge in [-0.25, -0.2) is 9.37 Å². The Morgan fingerprint density at radius 1 is 1.32 bits per heavy atom. The molecule has 3 heterocycles. The van der Waals surface area contributed by atoms with E-state index in [1.165, 1.54) is 25.8 Å². The molecule has 0 amide bonds. The zero-order chi connectivity index (χ0) is 19.5. The van der Waals surface area contributed by atoms with Crippen LogP contribution in [0, 0.1) is 12.7 Å². The molecule has 0 N–H and O–H groups in total. The summed E-state index contributed by atoms with van der Waals surface area (Å²) in [7, 11) is 1.37. The van der Waals surface area contributed by atoms with E-state index in [1.54, 1.807) is 17.4 Å². The Balaban J connectivity index is 1.72. The summed E-state index contributed by atoms with van der Waals surface area (Å²) in [6.07, 6.45) is 2.69. The van der Waals surface area contributed by atoms with E-state index in [0.717, 1.165) is 21.4 Å². The molecule has 3 aromatic heterocycles. The van der Waals surface area contributed by atoms with Crippen molar-refractivity contribution >= 4 is 27.8 Å². The summed E-state index contributed by atoms with van der Waals surface area (Å²) in [5.74, 6) is 0.210. The molecule has 10 heteroatoms. The topological polar surface area (TPSA) is 95.5 Å². The summed E-state index contributed by atoms with van der Waals surface area (Å²) in [5, 5.41) is 12.2. The van der Waals surface area contributed by atoms with Crippen molar-refractivity contribution < 1.29 is 18.4 Å². The number of rotatable bonds is 6. The maximum Gasteiger partial charge on any atom is 0.263 e. The van der Waals surface area contributed by atoms with Gasteiger partial charge in [-0.1, -0.05) is 5.16 Å². The summed E-state index contributed by atoms with van der Waals surface area (Å²) in [6.45, 7) is 1.94. The molecule has 1 atom stereocenters. The highest BCUT2D eigenvalue weighted by molar-refractivity contribution is 7.18. The Morgan fingerprint density at radius 3 is 3.00 bits per heavy atom. The van der Waals surface area contributed by atoms with E-state index in [9.17, 15) is 4.39 Å². The van der Waals surface area contributed by atoms with Crippen molar-refractivity contribution in [3.05, 3.63) is 64.8 Å². The van der Waals surface area contributed by atoms with Crippen LogP contribution in [-0.4, -0.2) is 33.5 Å². The van der Waals surface area contributed by atoms with Crippen molar-refractivity contribution in [1.29, 1.82) is 0 Å². The van der Waals surface area contributed by atoms with Gasteiger partial charge in [-0.2, -0.15) is 0 Å². The van der Waals surface area contributed by atoms with Crippen LogP contribution in [0.25, 0.3) is 10.2 Å². The van der Waals surface area contributed by atoms with Gasteiger partial charge in [0.15, 0.2) is 0 Å². The number of hydrogen-bond acceptors (Lipinski definition) is 9. The van der Waals surface area contributed by atoms with Crippen molar-refractivity contribution in [2.24, 2.45) is 5.16 Å². The minimum Gasteiger partial charge on any atom is -0.474 e. The Kier molecular flexibility index (Phi) is 4.94. The van der Waals surface area contributed by atoms with Gasteiger partial charge in [0.1, 0.15) is 18.7 Å². The SMILES string of the molecule is CO/N=C/c1cc(C(Oc2ccc3nc(C)sc3c2)c2nnco2)ncc1F. The third-order valence-corrected chi connectivity index (χ3v) is 4.73. The Labute approximate surface area is 162 Å². The van der Waals surface area contributed by atoms with Crippen LogP contribution in [-0.2, 0) is 4.84 Å². The molecule has 4 aromatic rings. The lowest BCUT2D eigenvalue weighted by Gasteiger charge is -2.16. The fraction of sp³-hybridized carbons (Fsp3) is 0.167. The molecule has 28 heavy (non-hydrogen) atoms. The molecule has 0 saturated carbocycles. The van der Waals surface area contributed by atoms with Gasteiger partial charge in [-0.05, 0) is 31.2 Å². The standard InChI is InChI=1S/C18H14FN5O3S/c1-10-23-14-4-3-12(6-16(14)28-10)27-17(18-24-21-9-26-18)15-5-11(7-22-25-2)13(19)8-20-15/h3-9,17H,1-2H3/b22-7+. The summed E-state index contributed by atoms with van der Waals surface area (Å²) in [5.41, 5.74) is 1.46. The molecule has 0 saturated heterocycles. The summed E-state index contributed by atoms with van der Waals surface area (Å²) in [6, 6.07) is 7.03. The summed E-state index contributed by atoms with van der Waals surface area (Å²) in [4.78, 5) is 13.2. The first-order valence-corrected chi connectivity index (χ1v) is 8.97. The molecule has 4 rings (SSSR count). The lowest BCUT2D eigenvalue weighted by molar-refractivity contribution is 0.203. The number of nitrogens with zero attached hydrogens (tertiary/aromatic N) is 5. The van der Waals surface area contributed by atoms with E-state index < -0.39 is 11.9 Å². The number of pyridine rings is 1. The van der Waals surface area contributed by atoms with Gasteiger partial charge in [0, 0.05) is 5.56 Å². The van der Waals surface area contributed by atoms with E-state index in [0.29, 0.717) is 11.4 Å². The van der Waals surface area contributed by atoms with Gasteiger partial charge in [0.25, 0.3) is 5.89 Å². The number of aromatic nitrogens is 4. The first kappa shape index (κ1) is 18.0. The van der Waals surface area contributed by atoms with Gasteiger partial charge < -0.3 is 14.0 Å². The first-order valence-electron chi connectivity index (χ1n) is 8.16. The molecule has 1 unspecified atom stereocenters. The third-order valence-electron chi connectivity index (χ3n) is 3.79. The fourth-order valence-electron chi connectivity index (χ4n) is 2.59. The number of halogens is 1. The fourth-order valence-corrected chi connectivity index (χ4v) is 3.44. The summed E-state index contributed by atoms with van der Waals surface area (Å²) >= 11 is 1.56. The average molecular weight is 399 g/mol. The second-order valence-electron chi connectivity index (χ2n) is 5.69. The lowest BCUT2D eigenvalue weighted by atomic mass is 10.1. The van der Waals surface area contributed by atoms with Crippen LogP contribution in [0.15, 0.2) is 46.4 Å². The van der Waals surface area contributed by atoms with E-state index in [2.05, 4.69) is 30.2 Å². The number of fused-ring (bicyclic) bond motifs is 1. The molecule has 0 bridgehead atoms. The van der Waals surface area contributed by atoms with Crippen LogP contribution in [0.1, 0.15) is 28.3 Å². The number of benzene rings is 1. The second-order valence-corrected chi connectivity index (χ2v) is 6.92. The highest BCUT2D eigenvalue weighted by Crippen LogP contribution is 2.31. The number of aryl methyl sites for hydroxylation is 1. The van der Waals surface area contributed by atoms with Crippen LogP contribution in [0.4, 0.5) is 4.39 Å². The molecule has 0 spiro atoms. The monoisotopic (exact) mass is 399 g/mol. The second kappa shape index (κ2) is 7.69. The van der Waals surface area contributed by atoms with E-state index in [1.807, 2.05) is 19.1 Å². The minimum absolute atomic E-state index is 0.188. The number of hydrogen-bond donors (Lipinski definition) is 0. The van der Waals surface area contributed by atoms with Gasteiger partial charge in [-0.3, -0.25) is 4.98 Å². The number of thiazole rings is 1. The van der Waals surface area contributed by atoms with Gasteiger partial charge >= 0.3 is 0 Å². The van der Waals surface area contributed by atoms with Gasteiger partial charge in [0.05, 0.1) is 33.3 Å². The van der Waals surface area contributed by atoms with Crippen molar-refractivity contribution in [3.63, 3.8) is 0 Å². The highest BCUT2D eigenvalue weighted by Gasteiger charge is 2.24. The number of ether oxygens (including phenoxy) is 1. The number of oxime groups is 1. The predicted molar refractivity (Wildman–Crippen MR) is 99.9 cm³/mol. The first-order chi connectivity index (χ1) is 13.6. The lowest BCUT2D eigenvalue weighted by Crippen LogP contribution is -2.13. The van der Waals surface area contributed by atoms with E-state index in [-0.39, 0.29) is 11.5 Å². The molecule has 0 aliphatic carbocycles. The van der Waals surface area contributed by atoms with Crippen LogP contribution >= 0.6 is 11.3 Å². The zero-order valence-corrected chi connectivity index (χ0v) is 15.7. The normalized spacial score (nSPS) is 12.5. The van der Waals surface area contributed by atoms with Crippen molar-refractivity contribution in [1.82, 2.24) is 20.2 Å². The molecule has 142 valence electrons. The van der Waals surface area contributed by atoms with Crippen molar-refractivity contribution in [3.8, 4) is 5.75 Å². The van der Waals surface area contributed by atoms with Gasteiger partial charge in [-0.15, -0.1) is 21.5 Å². The maximum absolute atomic E-state index is 14.0. The smallest absolute Gasteiger partial charge is 0.263 e. The van der Waals surface area contributed by atoms with Crippen LogP contribution < -0.4 is 4.74 Å². The van der Waals surface area contributed by atoms with Crippen LogP contribution in [0.5, 0.6) is 5.75 Å². The molecule has 0 radical (unpaired) electrons. The molecule has 1 aromatic carbocycles. The molecule has 8 nitrogen and oxygen atoms in total. The predicted octanol–water partition coefficient (Wildman–Crippen LogP) is 3.67. The quantitative estimate of drug-likeness (QED) is 0.360. The van der Waals surface area contributed by atoms with E-state index >= 15 is 0 Å². The van der Waals surface area contributed by atoms with Crippen LogP contribution in [0.2, 0.25) is 0 Å². The Morgan fingerprint density at radius 2 is 2.21 bits per heavy atom. The average Bonchev–Trinajstić information content (AvgIpc) is 3.34. The molecular formula is C18H14FN5O3S. The highest BCUT2D eigenvalue weighted by atomic mass is 32.1. The third kappa shape index (κ3) is 3.67. The largest absolute Gasteiger partial charge is 0.474 e. The summed E-state index contributed by atoms with van der Waals surface area (Å²) < 4.78 is 26.4.